The molecule has 1 aromatic heterocycles. The molecule has 118 valence electrons. The summed E-state index contributed by atoms with van der Waals surface area (Å²) in [5.41, 5.74) is 6.86. The first-order valence-corrected chi connectivity index (χ1v) is 8.57. The van der Waals surface area contributed by atoms with Gasteiger partial charge in [-0.25, -0.2) is 4.98 Å². The van der Waals surface area contributed by atoms with Gasteiger partial charge in [0.05, 0.1) is 11.7 Å². The molecular formula is C15H26N4OS. The van der Waals surface area contributed by atoms with Gasteiger partial charge in [-0.15, -0.1) is 11.3 Å². The summed E-state index contributed by atoms with van der Waals surface area (Å²) in [6.07, 6.45) is 2.52. The molecule has 1 aliphatic rings. The van der Waals surface area contributed by atoms with Crippen LogP contribution in [0.3, 0.4) is 0 Å². The first-order chi connectivity index (χ1) is 9.95. The summed E-state index contributed by atoms with van der Waals surface area (Å²) in [4.78, 5) is 18.8. The van der Waals surface area contributed by atoms with E-state index in [-0.39, 0.29) is 11.8 Å². The van der Waals surface area contributed by atoms with Crippen molar-refractivity contribution < 1.29 is 4.79 Å². The van der Waals surface area contributed by atoms with Gasteiger partial charge in [0.25, 0.3) is 0 Å². The van der Waals surface area contributed by atoms with E-state index >= 15 is 0 Å². The Morgan fingerprint density at radius 2 is 2.19 bits per heavy atom. The van der Waals surface area contributed by atoms with Crippen molar-refractivity contribution in [3.05, 3.63) is 11.1 Å². The molecule has 1 aliphatic heterocycles. The summed E-state index contributed by atoms with van der Waals surface area (Å²) < 4.78 is 0. The van der Waals surface area contributed by atoms with E-state index in [9.17, 15) is 4.79 Å². The third-order valence-electron chi connectivity index (χ3n) is 4.06. The molecule has 1 atom stereocenters. The highest BCUT2D eigenvalue weighted by Gasteiger charge is 2.19. The van der Waals surface area contributed by atoms with Gasteiger partial charge < -0.3 is 11.1 Å². The van der Waals surface area contributed by atoms with E-state index in [1.54, 1.807) is 0 Å². The molecule has 6 heteroatoms. The monoisotopic (exact) mass is 310 g/mol. The number of anilines is 1. The van der Waals surface area contributed by atoms with Crippen molar-refractivity contribution in [3.63, 3.8) is 0 Å². The number of thiazole rings is 1. The Kier molecular flexibility index (Phi) is 5.72. The van der Waals surface area contributed by atoms with Gasteiger partial charge in [0.15, 0.2) is 5.13 Å². The van der Waals surface area contributed by atoms with E-state index < -0.39 is 6.04 Å². The Balaban J connectivity index is 1.85. The molecule has 21 heavy (non-hydrogen) atoms. The van der Waals surface area contributed by atoms with Crippen LogP contribution in [0.2, 0.25) is 0 Å². The molecule has 0 saturated carbocycles. The fourth-order valence-electron chi connectivity index (χ4n) is 2.38. The average Bonchev–Trinajstić information content (AvgIpc) is 2.87. The van der Waals surface area contributed by atoms with Gasteiger partial charge >= 0.3 is 0 Å². The molecule has 5 nitrogen and oxygen atoms in total. The number of rotatable bonds is 5. The van der Waals surface area contributed by atoms with Gasteiger partial charge in [-0.3, -0.25) is 9.69 Å². The maximum absolute atomic E-state index is 11.9. The lowest BCUT2D eigenvalue weighted by Gasteiger charge is -2.29. The van der Waals surface area contributed by atoms with E-state index in [0.717, 1.165) is 31.2 Å². The molecule has 1 fully saturated rings. The number of nitrogens with two attached hydrogens (primary N) is 1. The first-order valence-electron chi connectivity index (χ1n) is 7.69. The van der Waals surface area contributed by atoms with Crippen molar-refractivity contribution in [2.45, 2.75) is 46.2 Å². The van der Waals surface area contributed by atoms with Gasteiger partial charge in [-0.2, -0.15) is 0 Å². The molecular weight excluding hydrogens is 284 g/mol. The quantitative estimate of drug-likeness (QED) is 0.875. The highest BCUT2D eigenvalue weighted by Crippen LogP contribution is 2.21. The van der Waals surface area contributed by atoms with Gasteiger partial charge in [0.2, 0.25) is 5.91 Å². The number of amides is 1. The Morgan fingerprint density at radius 1 is 1.52 bits per heavy atom. The summed E-state index contributed by atoms with van der Waals surface area (Å²) in [6, 6.07) is -0.485. The highest BCUT2D eigenvalue weighted by molar-refractivity contribution is 7.13. The fourth-order valence-corrected chi connectivity index (χ4v) is 3.08. The number of piperidine rings is 1. The largest absolute Gasteiger partial charge is 0.320 e. The second-order valence-electron chi connectivity index (χ2n) is 6.36. The van der Waals surface area contributed by atoms with Gasteiger partial charge in [0.1, 0.15) is 0 Å². The van der Waals surface area contributed by atoms with Crippen LogP contribution in [0.25, 0.3) is 0 Å². The molecule has 0 aliphatic carbocycles. The first kappa shape index (κ1) is 16.4. The second kappa shape index (κ2) is 7.33. The van der Waals surface area contributed by atoms with Gasteiger partial charge in [-0.1, -0.05) is 20.8 Å². The van der Waals surface area contributed by atoms with Crippen molar-refractivity contribution in [1.82, 2.24) is 9.88 Å². The number of nitrogens with zero attached hydrogens (tertiary/aromatic N) is 2. The standard InChI is InChI=1S/C15H26N4OS/c1-10(2)13(16)14(20)18-15-17-12(9-21-15)8-19-6-4-11(3)5-7-19/h9-11,13H,4-8,16H2,1-3H3,(H,17,18,20)/t13-/m0/s1. The zero-order chi connectivity index (χ0) is 15.4. The van der Waals surface area contributed by atoms with Crippen molar-refractivity contribution >= 4 is 22.4 Å². The van der Waals surface area contributed by atoms with Crippen LogP contribution in [0.5, 0.6) is 0 Å². The summed E-state index contributed by atoms with van der Waals surface area (Å²) in [7, 11) is 0. The van der Waals surface area contributed by atoms with Crippen LogP contribution in [0.15, 0.2) is 5.38 Å². The van der Waals surface area contributed by atoms with Crippen molar-refractivity contribution in [3.8, 4) is 0 Å². The second-order valence-corrected chi connectivity index (χ2v) is 7.22. The number of hydrogen-bond donors (Lipinski definition) is 2. The highest BCUT2D eigenvalue weighted by atomic mass is 32.1. The molecule has 1 aromatic rings. The number of carbonyl (C=O) groups is 1. The Morgan fingerprint density at radius 3 is 2.81 bits per heavy atom. The minimum atomic E-state index is -0.485. The zero-order valence-corrected chi connectivity index (χ0v) is 13.9. The molecule has 0 aromatic carbocycles. The Labute approximate surface area is 130 Å². The number of hydrogen-bond acceptors (Lipinski definition) is 5. The fraction of sp³-hybridized carbons (Fsp3) is 0.733. The van der Waals surface area contributed by atoms with E-state index in [2.05, 4.69) is 22.1 Å². The normalized spacial score (nSPS) is 18.9. The number of aromatic nitrogens is 1. The van der Waals surface area contributed by atoms with Gasteiger partial charge in [0, 0.05) is 11.9 Å². The predicted octanol–water partition coefficient (Wildman–Crippen LogP) is 2.30. The van der Waals surface area contributed by atoms with E-state index in [4.69, 9.17) is 5.73 Å². The molecule has 2 heterocycles. The molecule has 0 radical (unpaired) electrons. The van der Waals surface area contributed by atoms with E-state index in [0.29, 0.717) is 5.13 Å². The lowest BCUT2D eigenvalue weighted by atomic mass is 9.99. The molecule has 3 N–H and O–H groups in total. The van der Waals surface area contributed by atoms with E-state index in [1.165, 1.54) is 24.2 Å². The number of carbonyl (C=O) groups excluding carboxylic acids is 1. The maximum atomic E-state index is 11.9. The van der Waals surface area contributed by atoms with Crippen LogP contribution < -0.4 is 11.1 Å². The Bertz CT molecular complexity index is 466. The average molecular weight is 310 g/mol. The molecule has 0 bridgehead atoms. The minimum absolute atomic E-state index is 0.125. The third-order valence-corrected chi connectivity index (χ3v) is 4.87. The van der Waals surface area contributed by atoms with Crippen molar-refractivity contribution in [1.29, 1.82) is 0 Å². The summed E-state index contributed by atoms with van der Waals surface area (Å²) in [5.74, 6) is 0.807. The smallest absolute Gasteiger partial charge is 0.243 e. The Hall–Kier alpha value is -0.980. The van der Waals surface area contributed by atoms with Crippen LogP contribution in [0.1, 0.15) is 39.3 Å². The van der Waals surface area contributed by atoms with E-state index in [1.807, 2.05) is 19.2 Å². The van der Waals surface area contributed by atoms with Crippen LogP contribution in [0, 0.1) is 11.8 Å². The summed E-state index contributed by atoms with van der Waals surface area (Å²) >= 11 is 1.47. The van der Waals surface area contributed by atoms with Crippen molar-refractivity contribution in [2.75, 3.05) is 18.4 Å². The SMILES string of the molecule is CC1CCN(Cc2csc(NC(=O)[C@@H](N)C(C)C)n2)CC1. The molecule has 0 unspecified atom stereocenters. The topological polar surface area (TPSA) is 71.2 Å². The maximum Gasteiger partial charge on any atom is 0.243 e. The third kappa shape index (κ3) is 4.76. The molecule has 2 rings (SSSR count). The van der Waals surface area contributed by atoms with Crippen molar-refractivity contribution in [2.24, 2.45) is 17.6 Å². The summed E-state index contributed by atoms with van der Waals surface area (Å²) in [6.45, 7) is 9.34. The number of likely N-dealkylation sites (tertiary alicyclic amines) is 1. The predicted molar refractivity (Wildman–Crippen MR) is 87.2 cm³/mol. The number of nitrogens with one attached hydrogen (secondary N) is 1. The lowest BCUT2D eigenvalue weighted by molar-refractivity contribution is -0.118. The summed E-state index contributed by atoms with van der Waals surface area (Å²) in [5, 5.41) is 5.48. The van der Waals surface area contributed by atoms with Crippen LogP contribution in [-0.2, 0) is 11.3 Å². The lowest BCUT2D eigenvalue weighted by Crippen LogP contribution is -2.39. The zero-order valence-electron chi connectivity index (χ0n) is 13.1. The minimum Gasteiger partial charge on any atom is -0.320 e. The van der Waals surface area contributed by atoms with Gasteiger partial charge in [-0.05, 0) is 37.8 Å². The van der Waals surface area contributed by atoms with Crippen LogP contribution in [0.4, 0.5) is 5.13 Å². The molecule has 1 amide bonds. The molecule has 0 spiro atoms. The van der Waals surface area contributed by atoms with Crippen LogP contribution >= 0.6 is 11.3 Å². The van der Waals surface area contributed by atoms with Crippen LogP contribution in [-0.4, -0.2) is 34.9 Å². The molecule has 1 saturated heterocycles.